The van der Waals surface area contributed by atoms with Gasteiger partial charge in [0.1, 0.15) is 0 Å². The molecule has 0 atom stereocenters. The lowest BCUT2D eigenvalue weighted by molar-refractivity contribution is 1.29. The van der Waals surface area contributed by atoms with Crippen LogP contribution in [-0.2, 0) is 5.75 Å². The summed E-state index contributed by atoms with van der Waals surface area (Å²) in [7, 11) is 0. The largest absolute Gasteiger partial charge is 0.393 e. The van der Waals surface area contributed by atoms with Gasteiger partial charge in [0.15, 0.2) is 0 Å². The van der Waals surface area contributed by atoms with E-state index in [2.05, 4.69) is 6.07 Å². The average molecular weight is 236 g/mol. The zero-order valence-corrected chi connectivity index (χ0v) is 9.90. The van der Waals surface area contributed by atoms with Crippen LogP contribution in [-0.4, -0.2) is 10.7 Å². The molecule has 1 rings (SSSR count). The molecule has 2 nitrogen and oxygen atoms in total. The zero-order valence-electron chi connectivity index (χ0n) is 8.27. The molecular weight excluding hydrogens is 224 g/mol. The van der Waals surface area contributed by atoms with E-state index < -0.39 is 0 Å². The van der Waals surface area contributed by atoms with Crippen LogP contribution >= 0.6 is 24.0 Å². The van der Waals surface area contributed by atoms with E-state index in [0.717, 1.165) is 17.9 Å². The number of thiocarbonyl (C=S) groups is 1. The van der Waals surface area contributed by atoms with Crippen LogP contribution in [0.5, 0.6) is 0 Å². The van der Waals surface area contributed by atoms with Gasteiger partial charge >= 0.3 is 0 Å². The summed E-state index contributed by atoms with van der Waals surface area (Å²) in [5.74, 6) is 1.84. The SMILES string of the molecule is N#Cc1cccc(CSCCC(N)=S)c1. The Bertz CT molecular complexity index is 382. The van der Waals surface area contributed by atoms with Crippen molar-refractivity contribution < 1.29 is 0 Å². The summed E-state index contributed by atoms with van der Waals surface area (Å²) < 4.78 is 0. The molecule has 15 heavy (non-hydrogen) atoms. The van der Waals surface area contributed by atoms with Gasteiger partial charge in [0.2, 0.25) is 0 Å². The fourth-order valence-electron chi connectivity index (χ4n) is 1.09. The summed E-state index contributed by atoms with van der Waals surface area (Å²) in [6.45, 7) is 0. The lowest BCUT2D eigenvalue weighted by atomic mass is 10.2. The maximum Gasteiger partial charge on any atom is 0.0991 e. The Morgan fingerprint density at radius 3 is 3.00 bits per heavy atom. The molecule has 0 aromatic heterocycles. The van der Waals surface area contributed by atoms with Crippen LogP contribution in [0.4, 0.5) is 0 Å². The first-order valence-corrected chi connectivity index (χ1v) is 6.14. The number of nitrogens with zero attached hydrogens (tertiary/aromatic N) is 1. The van der Waals surface area contributed by atoms with Crippen molar-refractivity contribution in [1.29, 1.82) is 5.26 Å². The summed E-state index contributed by atoms with van der Waals surface area (Å²) in [5.41, 5.74) is 7.27. The van der Waals surface area contributed by atoms with Crippen LogP contribution in [0.1, 0.15) is 17.5 Å². The van der Waals surface area contributed by atoms with Crippen LogP contribution in [0.25, 0.3) is 0 Å². The Morgan fingerprint density at radius 2 is 2.33 bits per heavy atom. The number of nitrogens with two attached hydrogens (primary N) is 1. The third-order valence-electron chi connectivity index (χ3n) is 1.82. The third kappa shape index (κ3) is 4.82. The summed E-state index contributed by atoms with van der Waals surface area (Å²) in [6, 6.07) is 9.77. The van der Waals surface area contributed by atoms with Crippen LogP contribution < -0.4 is 5.73 Å². The maximum absolute atomic E-state index is 8.72. The molecule has 0 spiro atoms. The van der Waals surface area contributed by atoms with Crippen molar-refractivity contribution in [3.8, 4) is 6.07 Å². The highest BCUT2D eigenvalue weighted by Gasteiger charge is 1.96. The number of benzene rings is 1. The highest BCUT2D eigenvalue weighted by atomic mass is 32.2. The van der Waals surface area contributed by atoms with Gasteiger partial charge < -0.3 is 5.73 Å². The first-order chi connectivity index (χ1) is 7.22. The fourth-order valence-corrected chi connectivity index (χ4v) is 2.25. The van der Waals surface area contributed by atoms with Gasteiger partial charge in [-0.05, 0) is 23.4 Å². The van der Waals surface area contributed by atoms with Crippen molar-refractivity contribution in [2.45, 2.75) is 12.2 Å². The average Bonchev–Trinajstić information content (AvgIpc) is 2.24. The van der Waals surface area contributed by atoms with E-state index in [1.54, 1.807) is 11.8 Å². The van der Waals surface area contributed by atoms with Crippen molar-refractivity contribution >= 4 is 29.0 Å². The van der Waals surface area contributed by atoms with Crippen LogP contribution in [0.15, 0.2) is 24.3 Å². The van der Waals surface area contributed by atoms with E-state index in [0.29, 0.717) is 10.6 Å². The third-order valence-corrected chi connectivity index (χ3v) is 3.05. The van der Waals surface area contributed by atoms with Crippen LogP contribution in [0, 0.1) is 11.3 Å². The van der Waals surface area contributed by atoms with Gasteiger partial charge in [-0.1, -0.05) is 24.4 Å². The molecule has 1 aromatic carbocycles. The van der Waals surface area contributed by atoms with Crippen molar-refractivity contribution in [1.82, 2.24) is 0 Å². The molecule has 0 aliphatic rings. The van der Waals surface area contributed by atoms with E-state index in [1.807, 2.05) is 24.3 Å². The number of hydrogen-bond acceptors (Lipinski definition) is 3. The normalized spacial score (nSPS) is 9.53. The van der Waals surface area contributed by atoms with E-state index in [9.17, 15) is 0 Å². The molecule has 2 N–H and O–H groups in total. The van der Waals surface area contributed by atoms with E-state index in [-0.39, 0.29) is 0 Å². The van der Waals surface area contributed by atoms with E-state index in [4.69, 9.17) is 23.2 Å². The quantitative estimate of drug-likeness (QED) is 0.630. The van der Waals surface area contributed by atoms with E-state index >= 15 is 0 Å². The molecule has 0 aliphatic heterocycles. The lowest BCUT2D eigenvalue weighted by Gasteiger charge is -2.01. The van der Waals surface area contributed by atoms with E-state index in [1.165, 1.54) is 5.56 Å². The van der Waals surface area contributed by atoms with Gasteiger partial charge in [-0.2, -0.15) is 17.0 Å². The standard InChI is InChI=1S/C11H12N2S2/c12-7-9-2-1-3-10(6-9)8-15-5-4-11(13)14/h1-3,6H,4-5,8H2,(H2,13,14). The van der Waals surface area contributed by atoms with Crippen molar-refractivity contribution in [2.24, 2.45) is 5.73 Å². The Hall–Kier alpha value is -1.05. The van der Waals surface area contributed by atoms with Crippen molar-refractivity contribution in [3.05, 3.63) is 35.4 Å². The smallest absolute Gasteiger partial charge is 0.0991 e. The zero-order chi connectivity index (χ0) is 11.1. The topological polar surface area (TPSA) is 49.8 Å². The Morgan fingerprint density at radius 1 is 1.53 bits per heavy atom. The lowest BCUT2D eigenvalue weighted by Crippen LogP contribution is -2.08. The molecule has 4 heteroatoms. The van der Waals surface area contributed by atoms with Gasteiger partial charge in [0, 0.05) is 12.2 Å². The predicted octanol–water partition coefficient (Wildman–Crippen LogP) is 2.47. The second-order valence-electron chi connectivity index (χ2n) is 3.08. The van der Waals surface area contributed by atoms with Gasteiger partial charge in [0.05, 0.1) is 16.6 Å². The molecule has 0 fully saturated rings. The molecular formula is C11H12N2S2. The van der Waals surface area contributed by atoms with Crippen LogP contribution in [0.2, 0.25) is 0 Å². The van der Waals surface area contributed by atoms with Crippen molar-refractivity contribution in [2.75, 3.05) is 5.75 Å². The first-order valence-electron chi connectivity index (χ1n) is 4.57. The number of nitriles is 1. The van der Waals surface area contributed by atoms with Gasteiger partial charge in [-0.3, -0.25) is 0 Å². The summed E-state index contributed by atoms with van der Waals surface area (Å²) in [4.78, 5) is 0.563. The second-order valence-corrected chi connectivity index (χ2v) is 4.71. The molecule has 0 saturated carbocycles. The fraction of sp³-hybridized carbons (Fsp3) is 0.273. The van der Waals surface area contributed by atoms with Crippen molar-refractivity contribution in [3.63, 3.8) is 0 Å². The second kappa shape index (κ2) is 6.44. The number of rotatable bonds is 5. The summed E-state index contributed by atoms with van der Waals surface area (Å²) in [6.07, 6.45) is 0.776. The monoisotopic (exact) mass is 236 g/mol. The Balaban J connectivity index is 2.38. The predicted molar refractivity (Wildman–Crippen MR) is 68.7 cm³/mol. The summed E-state index contributed by atoms with van der Waals surface area (Å²) in [5, 5.41) is 8.72. The molecule has 0 unspecified atom stereocenters. The molecule has 0 radical (unpaired) electrons. The minimum Gasteiger partial charge on any atom is -0.393 e. The molecule has 0 saturated heterocycles. The van der Waals surface area contributed by atoms with Gasteiger partial charge in [-0.25, -0.2) is 0 Å². The molecule has 0 amide bonds. The summed E-state index contributed by atoms with van der Waals surface area (Å²) >= 11 is 6.56. The molecule has 1 aromatic rings. The molecule has 0 heterocycles. The highest BCUT2D eigenvalue weighted by Crippen LogP contribution is 2.14. The highest BCUT2D eigenvalue weighted by molar-refractivity contribution is 7.98. The minimum atomic E-state index is 0.563. The van der Waals surface area contributed by atoms with Gasteiger partial charge in [0.25, 0.3) is 0 Å². The maximum atomic E-state index is 8.72. The Labute approximate surface area is 99.5 Å². The van der Waals surface area contributed by atoms with Gasteiger partial charge in [-0.15, -0.1) is 0 Å². The molecule has 78 valence electrons. The number of thioether (sulfide) groups is 1. The Kier molecular flexibility index (Phi) is 5.16. The molecule has 0 bridgehead atoms. The van der Waals surface area contributed by atoms with Crippen LogP contribution in [0.3, 0.4) is 0 Å². The molecule has 0 aliphatic carbocycles. The first kappa shape index (κ1) is 12.0. The minimum absolute atomic E-state index is 0.563. The number of hydrogen-bond donors (Lipinski definition) is 1.